The van der Waals surface area contributed by atoms with Gasteiger partial charge in [0.15, 0.2) is 0 Å². The van der Waals surface area contributed by atoms with E-state index in [1.807, 2.05) is 0 Å². The summed E-state index contributed by atoms with van der Waals surface area (Å²) in [7, 11) is 0. The van der Waals surface area contributed by atoms with Gasteiger partial charge in [-0.2, -0.15) is 5.06 Å². The average Bonchev–Trinajstić information content (AvgIpc) is 2.77. The fourth-order valence-electron chi connectivity index (χ4n) is 4.79. The standard InChI is InChI=1S/C27H54N2O2/c1-3-5-7-8-9-10-11-12-13-14-15-16-17-18-19-20-27(30)29(23-6-4-2)26-21-24-28(31)25-22-26/h26,31H,3-25H2,1-2H3. The van der Waals surface area contributed by atoms with E-state index in [-0.39, 0.29) is 0 Å². The van der Waals surface area contributed by atoms with Crippen LogP contribution in [0.5, 0.6) is 0 Å². The molecule has 0 bridgehead atoms. The lowest BCUT2D eigenvalue weighted by Gasteiger charge is -2.36. The van der Waals surface area contributed by atoms with E-state index in [1.54, 1.807) is 0 Å². The number of piperidine rings is 1. The summed E-state index contributed by atoms with van der Waals surface area (Å²) in [6.45, 7) is 6.75. The van der Waals surface area contributed by atoms with Crippen LogP contribution in [0.2, 0.25) is 0 Å². The summed E-state index contributed by atoms with van der Waals surface area (Å²) in [4.78, 5) is 15.0. The summed E-state index contributed by atoms with van der Waals surface area (Å²) in [5.74, 6) is 0.347. The molecule has 4 nitrogen and oxygen atoms in total. The summed E-state index contributed by atoms with van der Waals surface area (Å²) >= 11 is 0. The minimum Gasteiger partial charge on any atom is -0.340 e. The lowest BCUT2D eigenvalue weighted by molar-refractivity contribution is -0.141. The van der Waals surface area contributed by atoms with Gasteiger partial charge in [0, 0.05) is 32.1 Å². The topological polar surface area (TPSA) is 43.8 Å². The van der Waals surface area contributed by atoms with Gasteiger partial charge in [0.25, 0.3) is 0 Å². The maximum Gasteiger partial charge on any atom is 0.222 e. The van der Waals surface area contributed by atoms with Gasteiger partial charge in [-0.25, -0.2) is 0 Å². The van der Waals surface area contributed by atoms with Crippen LogP contribution < -0.4 is 0 Å². The Morgan fingerprint density at radius 1 is 0.710 bits per heavy atom. The van der Waals surface area contributed by atoms with Crippen LogP contribution in [0.15, 0.2) is 0 Å². The quantitative estimate of drug-likeness (QED) is 0.198. The smallest absolute Gasteiger partial charge is 0.222 e. The predicted molar refractivity (Wildman–Crippen MR) is 133 cm³/mol. The van der Waals surface area contributed by atoms with E-state index in [9.17, 15) is 10.0 Å². The summed E-state index contributed by atoms with van der Waals surface area (Å²) in [5, 5.41) is 11.0. The Hall–Kier alpha value is -0.610. The zero-order valence-corrected chi connectivity index (χ0v) is 21.1. The van der Waals surface area contributed by atoms with E-state index < -0.39 is 0 Å². The van der Waals surface area contributed by atoms with Gasteiger partial charge in [-0.1, -0.05) is 110 Å². The van der Waals surface area contributed by atoms with Crippen LogP contribution >= 0.6 is 0 Å². The second-order valence-corrected chi connectivity index (χ2v) is 9.83. The highest BCUT2D eigenvalue weighted by Gasteiger charge is 2.26. The molecule has 1 saturated heterocycles. The number of unbranched alkanes of at least 4 members (excludes halogenated alkanes) is 15. The fourth-order valence-corrected chi connectivity index (χ4v) is 4.79. The van der Waals surface area contributed by atoms with Gasteiger partial charge < -0.3 is 10.1 Å². The molecule has 1 fully saturated rings. The zero-order valence-electron chi connectivity index (χ0n) is 21.1. The molecular weight excluding hydrogens is 384 g/mol. The molecule has 0 aromatic rings. The first-order valence-corrected chi connectivity index (χ1v) is 13.9. The Morgan fingerprint density at radius 3 is 1.58 bits per heavy atom. The summed E-state index contributed by atoms with van der Waals surface area (Å²) in [6.07, 6.45) is 25.1. The number of hydrogen-bond acceptors (Lipinski definition) is 3. The maximum absolute atomic E-state index is 12.8. The second-order valence-electron chi connectivity index (χ2n) is 9.83. The number of nitrogens with zero attached hydrogens (tertiary/aromatic N) is 2. The molecule has 0 atom stereocenters. The SMILES string of the molecule is CCCCCCCCCCCCCCCCCC(=O)N(CCCC)C1CCN(O)CC1. The van der Waals surface area contributed by atoms with E-state index in [0.29, 0.717) is 31.5 Å². The monoisotopic (exact) mass is 438 g/mol. The molecule has 1 heterocycles. The number of hydrogen-bond donors (Lipinski definition) is 1. The molecule has 0 radical (unpaired) electrons. The van der Waals surface area contributed by atoms with Gasteiger partial charge in [-0.05, 0) is 25.7 Å². The highest BCUT2D eigenvalue weighted by molar-refractivity contribution is 5.76. The Kier molecular flexibility index (Phi) is 18.4. The van der Waals surface area contributed by atoms with Crippen molar-refractivity contribution in [3.8, 4) is 0 Å². The predicted octanol–water partition coefficient (Wildman–Crippen LogP) is 7.73. The zero-order chi connectivity index (χ0) is 22.6. The minimum absolute atomic E-state index is 0.332. The third-order valence-corrected chi connectivity index (χ3v) is 6.95. The Bertz CT molecular complexity index is 408. The lowest BCUT2D eigenvalue weighted by atomic mass is 10.0. The highest BCUT2D eigenvalue weighted by Crippen LogP contribution is 2.19. The number of carbonyl (C=O) groups excluding carboxylic acids is 1. The molecule has 0 aromatic carbocycles. The molecule has 0 saturated carbocycles. The van der Waals surface area contributed by atoms with Crippen LogP contribution in [0.25, 0.3) is 0 Å². The Morgan fingerprint density at radius 2 is 1.13 bits per heavy atom. The van der Waals surface area contributed by atoms with E-state index in [2.05, 4.69) is 18.7 Å². The first-order chi connectivity index (χ1) is 15.2. The van der Waals surface area contributed by atoms with Crippen LogP contribution in [0.4, 0.5) is 0 Å². The number of hydroxylamine groups is 2. The molecule has 1 rings (SSSR count). The molecule has 31 heavy (non-hydrogen) atoms. The highest BCUT2D eigenvalue weighted by atomic mass is 16.5. The van der Waals surface area contributed by atoms with Crippen LogP contribution in [-0.2, 0) is 4.79 Å². The molecule has 1 amide bonds. The van der Waals surface area contributed by atoms with Crippen LogP contribution in [0.1, 0.15) is 142 Å². The number of carbonyl (C=O) groups is 1. The van der Waals surface area contributed by atoms with Crippen LogP contribution in [0.3, 0.4) is 0 Å². The fraction of sp³-hybridized carbons (Fsp3) is 0.963. The van der Waals surface area contributed by atoms with Crippen molar-refractivity contribution in [1.82, 2.24) is 9.96 Å². The molecule has 1 N–H and O–H groups in total. The third kappa shape index (κ3) is 15.0. The van der Waals surface area contributed by atoms with Gasteiger partial charge in [0.1, 0.15) is 0 Å². The largest absolute Gasteiger partial charge is 0.340 e. The minimum atomic E-state index is 0.332. The van der Waals surface area contributed by atoms with Crippen molar-refractivity contribution in [3.63, 3.8) is 0 Å². The Labute approximate surface area is 194 Å². The summed E-state index contributed by atoms with van der Waals surface area (Å²) in [6, 6.07) is 0.332. The summed E-state index contributed by atoms with van der Waals surface area (Å²) in [5.41, 5.74) is 0. The molecule has 0 aromatic heterocycles. The van der Waals surface area contributed by atoms with Crippen molar-refractivity contribution in [3.05, 3.63) is 0 Å². The third-order valence-electron chi connectivity index (χ3n) is 6.95. The average molecular weight is 439 g/mol. The molecule has 184 valence electrons. The first-order valence-electron chi connectivity index (χ1n) is 13.9. The van der Waals surface area contributed by atoms with Crippen molar-refractivity contribution >= 4 is 5.91 Å². The normalized spacial score (nSPS) is 15.5. The molecule has 0 aliphatic carbocycles. The van der Waals surface area contributed by atoms with Crippen LogP contribution in [0, 0.1) is 0 Å². The van der Waals surface area contributed by atoms with Crippen molar-refractivity contribution < 1.29 is 10.0 Å². The van der Waals surface area contributed by atoms with Gasteiger partial charge in [0.05, 0.1) is 0 Å². The van der Waals surface area contributed by atoms with E-state index in [4.69, 9.17) is 0 Å². The van der Waals surface area contributed by atoms with Crippen molar-refractivity contribution in [2.75, 3.05) is 19.6 Å². The molecular formula is C27H54N2O2. The molecule has 4 heteroatoms. The van der Waals surface area contributed by atoms with Crippen molar-refractivity contribution in [1.29, 1.82) is 0 Å². The maximum atomic E-state index is 12.8. The van der Waals surface area contributed by atoms with Gasteiger partial charge in [-0.15, -0.1) is 0 Å². The van der Waals surface area contributed by atoms with E-state index in [0.717, 1.165) is 38.6 Å². The molecule has 0 spiro atoms. The second kappa shape index (κ2) is 20.0. The molecule has 1 aliphatic rings. The molecule has 1 aliphatic heterocycles. The van der Waals surface area contributed by atoms with Gasteiger partial charge in [-0.3, -0.25) is 4.79 Å². The van der Waals surface area contributed by atoms with Crippen molar-refractivity contribution in [2.45, 2.75) is 148 Å². The Balaban J connectivity index is 1.98. The van der Waals surface area contributed by atoms with E-state index in [1.165, 1.54) is 95.0 Å². The van der Waals surface area contributed by atoms with E-state index >= 15 is 0 Å². The molecule has 0 unspecified atom stereocenters. The summed E-state index contributed by atoms with van der Waals surface area (Å²) < 4.78 is 0. The first kappa shape index (κ1) is 28.4. The van der Waals surface area contributed by atoms with Crippen LogP contribution in [-0.4, -0.2) is 46.8 Å². The van der Waals surface area contributed by atoms with Gasteiger partial charge in [0.2, 0.25) is 5.91 Å². The van der Waals surface area contributed by atoms with Crippen molar-refractivity contribution in [2.24, 2.45) is 0 Å². The number of rotatable bonds is 20. The number of amides is 1. The lowest BCUT2D eigenvalue weighted by Crippen LogP contribution is -2.47. The van der Waals surface area contributed by atoms with Gasteiger partial charge >= 0.3 is 0 Å².